The highest BCUT2D eigenvalue weighted by molar-refractivity contribution is 9.10. The molecule has 0 saturated carbocycles. The molecule has 1 aromatic heterocycles. The Kier molecular flexibility index (Phi) is 2.97. The van der Waals surface area contributed by atoms with Gasteiger partial charge < -0.3 is 10.3 Å². The summed E-state index contributed by atoms with van der Waals surface area (Å²) in [6.07, 6.45) is 4.72. The number of aryl methyl sites for hydroxylation is 2. The Morgan fingerprint density at radius 2 is 2.24 bits per heavy atom. The van der Waals surface area contributed by atoms with E-state index in [0.29, 0.717) is 0 Å². The smallest absolute Gasteiger partial charge is 0.0486 e. The standard InChI is InChI=1S/C14H17BrN2/c15-10-5-6-14-12(9-10)11(3-1-7-16)13-4-2-8-17(13)14/h5-6,9H,1-4,7-8,16H2. The first-order chi connectivity index (χ1) is 8.31. The van der Waals surface area contributed by atoms with Crippen LogP contribution in [0, 0.1) is 0 Å². The molecule has 0 unspecified atom stereocenters. The average Bonchev–Trinajstić information content (AvgIpc) is 2.87. The molecular weight excluding hydrogens is 276 g/mol. The van der Waals surface area contributed by atoms with E-state index in [1.165, 1.54) is 40.3 Å². The van der Waals surface area contributed by atoms with Gasteiger partial charge in [-0.2, -0.15) is 0 Å². The van der Waals surface area contributed by atoms with Crippen LogP contribution in [0.5, 0.6) is 0 Å². The molecule has 0 saturated heterocycles. The summed E-state index contributed by atoms with van der Waals surface area (Å²) in [6.45, 7) is 1.95. The van der Waals surface area contributed by atoms with E-state index in [0.717, 1.165) is 19.4 Å². The van der Waals surface area contributed by atoms with Gasteiger partial charge in [0.1, 0.15) is 0 Å². The van der Waals surface area contributed by atoms with Crippen LogP contribution in [0.15, 0.2) is 22.7 Å². The minimum atomic E-state index is 0.778. The Labute approximate surface area is 110 Å². The van der Waals surface area contributed by atoms with Crippen molar-refractivity contribution < 1.29 is 0 Å². The van der Waals surface area contributed by atoms with Gasteiger partial charge in [-0.1, -0.05) is 15.9 Å². The van der Waals surface area contributed by atoms with Crippen molar-refractivity contribution in [3.63, 3.8) is 0 Å². The van der Waals surface area contributed by atoms with Gasteiger partial charge in [0, 0.05) is 27.6 Å². The van der Waals surface area contributed by atoms with Crippen molar-refractivity contribution in [2.45, 2.75) is 32.2 Å². The van der Waals surface area contributed by atoms with Crippen LogP contribution in [0.2, 0.25) is 0 Å². The largest absolute Gasteiger partial charge is 0.344 e. The Morgan fingerprint density at radius 3 is 3.06 bits per heavy atom. The number of hydrogen-bond acceptors (Lipinski definition) is 1. The second-order valence-electron chi connectivity index (χ2n) is 4.73. The first kappa shape index (κ1) is 11.3. The molecule has 0 bridgehead atoms. The highest BCUT2D eigenvalue weighted by Gasteiger charge is 2.20. The minimum absolute atomic E-state index is 0.778. The second kappa shape index (κ2) is 4.46. The first-order valence-electron chi connectivity index (χ1n) is 6.31. The fourth-order valence-electron chi connectivity index (χ4n) is 2.95. The zero-order valence-corrected chi connectivity index (χ0v) is 11.5. The van der Waals surface area contributed by atoms with Gasteiger partial charge in [-0.25, -0.2) is 0 Å². The number of nitrogens with two attached hydrogens (primary N) is 1. The third-order valence-corrected chi connectivity index (χ3v) is 4.17. The molecule has 3 rings (SSSR count). The minimum Gasteiger partial charge on any atom is -0.344 e. The van der Waals surface area contributed by atoms with Gasteiger partial charge >= 0.3 is 0 Å². The SMILES string of the molecule is NCCCc1c2n(c3ccc(Br)cc13)CCC2. The fourth-order valence-corrected chi connectivity index (χ4v) is 3.31. The van der Waals surface area contributed by atoms with Gasteiger partial charge in [-0.15, -0.1) is 0 Å². The quantitative estimate of drug-likeness (QED) is 0.925. The molecule has 2 N–H and O–H groups in total. The molecular formula is C14H17BrN2. The molecule has 0 fully saturated rings. The maximum Gasteiger partial charge on any atom is 0.0486 e. The fraction of sp³-hybridized carbons (Fsp3) is 0.429. The number of benzene rings is 1. The van der Waals surface area contributed by atoms with Crippen molar-refractivity contribution in [2.24, 2.45) is 5.73 Å². The molecule has 1 aliphatic rings. The molecule has 1 aromatic carbocycles. The Bertz CT molecular complexity index is 557. The van der Waals surface area contributed by atoms with Crippen molar-refractivity contribution >= 4 is 26.8 Å². The number of hydrogen-bond donors (Lipinski definition) is 1. The van der Waals surface area contributed by atoms with Crippen LogP contribution in [0.25, 0.3) is 10.9 Å². The van der Waals surface area contributed by atoms with Gasteiger partial charge in [-0.3, -0.25) is 0 Å². The van der Waals surface area contributed by atoms with Crippen molar-refractivity contribution in [1.82, 2.24) is 4.57 Å². The van der Waals surface area contributed by atoms with Crippen molar-refractivity contribution in [3.8, 4) is 0 Å². The van der Waals surface area contributed by atoms with Crippen molar-refractivity contribution in [1.29, 1.82) is 0 Å². The molecule has 0 aliphatic carbocycles. The molecule has 2 heterocycles. The van der Waals surface area contributed by atoms with Crippen LogP contribution < -0.4 is 5.73 Å². The molecule has 17 heavy (non-hydrogen) atoms. The van der Waals surface area contributed by atoms with E-state index in [4.69, 9.17) is 5.73 Å². The highest BCUT2D eigenvalue weighted by atomic mass is 79.9. The van der Waals surface area contributed by atoms with Gasteiger partial charge in [0.05, 0.1) is 0 Å². The Hall–Kier alpha value is -0.800. The summed E-state index contributed by atoms with van der Waals surface area (Å²) < 4.78 is 3.66. The lowest BCUT2D eigenvalue weighted by Gasteiger charge is -2.01. The molecule has 0 spiro atoms. The molecule has 0 amide bonds. The molecule has 2 nitrogen and oxygen atoms in total. The number of aromatic nitrogens is 1. The zero-order valence-electron chi connectivity index (χ0n) is 9.88. The number of nitrogens with zero attached hydrogens (tertiary/aromatic N) is 1. The second-order valence-corrected chi connectivity index (χ2v) is 5.65. The third-order valence-electron chi connectivity index (χ3n) is 3.67. The molecule has 1 aliphatic heterocycles. The van der Waals surface area contributed by atoms with E-state index in [9.17, 15) is 0 Å². The van der Waals surface area contributed by atoms with E-state index in [1.807, 2.05) is 0 Å². The summed E-state index contributed by atoms with van der Waals surface area (Å²) in [7, 11) is 0. The molecule has 3 heteroatoms. The Morgan fingerprint density at radius 1 is 1.35 bits per heavy atom. The Balaban J connectivity index is 2.19. The van der Waals surface area contributed by atoms with Gasteiger partial charge in [0.15, 0.2) is 0 Å². The lowest BCUT2D eigenvalue weighted by molar-refractivity contribution is 0.771. The summed E-state index contributed by atoms with van der Waals surface area (Å²) in [4.78, 5) is 0. The monoisotopic (exact) mass is 292 g/mol. The van der Waals surface area contributed by atoms with Crippen LogP contribution in [-0.4, -0.2) is 11.1 Å². The van der Waals surface area contributed by atoms with E-state index >= 15 is 0 Å². The molecule has 0 radical (unpaired) electrons. The van der Waals surface area contributed by atoms with Gasteiger partial charge in [0.25, 0.3) is 0 Å². The lowest BCUT2D eigenvalue weighted by atomic mass is 10.0. The van der Waals surface area contributed by atoms with Gasteiger partial charge in [-0.05, 0) is 56.0 Å². The summed E-state index contributed by atoms with van der Waals surface area (Å²) in [5, 5.41) is 1.42. The zero-order chi connectivity index (χ0) is 11.8. The summed E-state index contributed by atoms with van der Waals surface area (Å²) in [5.41, 5.74) is 10.1. The topological polar surface area (TPSA) is 30.9 Å². The lowest BCUT2D eigenvalue weighted by Crippen LogP contribution is -2.01. The first-order valence-corrected chi connectivity index (χ1v) is 7.10. The average molecular weight is 293 g/mol. The number of rotatable bonds is 3. The van der Waals surface area contributed by atoms with Crippen LogP contribution in [0.1, 0.15) is 24.1 Å². The van der Waals surface area contributed by atoms with Crippen LogP contribution in [0.4, 0.5) is 0 Å². The van der Waals surface area contributed by atoms with E-state index in [1.54, 1.807) is 5.69 Å². The summed E-state index contributed by atoms with van der Waals surface area (Å²) in [5.74, 6) is 0. The number of halogens is 1. The maximum absolute atomic E-state index is 5.65. The maximum atomic E-state index is 5.65. The van der Waals surface area contributed by atoms with Gasteiger partial charge in [0.2, 0.25) is 0 Å². The van der Waals surface area contributed by atoms with E-state index in [-0.39, 0.29) is 0 Å². The highest BCUT2D eigenvalue weighted by Crippen LogP contribution is 2.33. The van der Waals surface area contributed by atoms with Crippen molar-refractivity contribution in [3.05, 3.63) is 33.9 Å². The normalized spacial score (nSPS) is 14.5. The van der Waals surface area contributed by atoms with Crippen LogP contribution in [-0.2, 0) is 19.4 Å². The van der Waals surface area contributed by atoms with Crippen LogP contribution >= 0.6 is 15.9 Å². The summed E-state index contributed by atoms with van der Waals surface area (Å²) >= 11 is 3.57. The predicted octanol–water partition coefficient (Wildman–Crippen LogP) is 3.24. The third kappa shape index (κ3) is 1.81. The predicted molar refractivity (Wildman–Crippen MR) is 75.3 cm³/mol. The summed E-state index contributed by atoms with van der Waals surface area (Å²) in [6, 6.07) is 6.63. The van der Waals surface area contributed by atoms with E-state index < -0.39 is 0 Å². The molecule has 0 atom stereocenters. The molecule has 2 aromatic rings. The molecule has 90 valence electrons. The van der Waals surface area contributed by atoms with Crippen molar-refractivity contribution in [2.75, 3.05) is 6.54 Å². The van der Waals surface area contributed by atoms with E-state index in [2.05, 4.69) is 38.7 Å². The number of fused-ring (bicyclic) bond motifs is 3. The van der Waals surface area contributed by atoms with Crippen LogP contribution in [0.3, 0.4) is 0 Å².